The van der Waals surface area contributed by atoms with E-state index < -0.39 is 11.4 Å². The number of carbonyl (C=O) groups excluding carboxylic acids is 1. The van der Waals surface area contributed by atoms with Gasteiger partial charge in [-0.1, -0.05) is 6.07 Å². The van der Waals surface area contributed by atoms with Gasteiger partial charge in [-0.15, -0.1) is 11.8 Å². The SMILES string of the molecule is CSc1cccc(F)c1C(=O)N1C[C@@H](C)O[C@]2(CCOC2)C1. The molecule has 2 heterocycles. The maximum absolute atomic E-state index is 14.2. The molecule has 6 heteroatoms. The zero-order chi connectivity index (χ0) is 15.7. The number of nitrogens with zero attached hydrogens (tertiary/aromatic N) is 1. The average molecular weight is 325 g/mol. The Morgan fingerprint density at radius 2 is 2.32 bits per heavy atom. The predicted molar refractivity (Wildman–Crippen MR) is 82.8 cm³/mol. The van der Waals surface area contributed by atoms with Crippen molar-refractivity contribution in [1.82, 2.24) is 4.90 Å². The van der Waals surface area contributed by atoms with Crippen LogP contribution in [0.4, 0.5) is 4.39 Å². The fraction of sp³-hybridized carbons (Fsp3) is 0.562. The summed E-state index contributed by atoms with van der Waals surface area (Å²) >= 11 is 1.38. The summed E-state index contributed by atoms with van der Waals surface area (Å²) in [5.41, 5.74) is -0.267. The number of hydrogen-bond donors (Lipinski definition) is 0. The molecule has 2 aliphatic rings. The van der Waals surface area contributed by atoms with E-state index in [1.54, 1.807) is 17.0 Å². The normalized spacial score (nSPS) is 28.3. The van der Waals surface area contributed by atoms with E-state index in [2.05, 4.69) is 0 Å². The van der Waals surface area contributed by atoms with Gasteiger partial charge < -0.3 is 14.4 Å². The molecule has 0 radical (unpaired) electrons. The lowest BCUT2D eigenvalue weighted by atomic mass is 9.98. The van der Waals surface area contributed by atoms with Crippen molar-refractivity contribution in [2.24, 2.45) is 0 Å². The summed E-state index contributed by atoms with van der Waals surface area (Å²) in [4.78, 5) is 15.2. The first-order chi connectivity index (χ1) is 10.5. The Balaban J connectivity index is 1.88. The summed E-state index contributed by atoms with van der Waals surface area (Å²) in [5, 5.41) is 0. The number of amides is 1. The van der Waals surface area contributed by atoms with Crippen molar-refractivity contribution in [3.05, 3.63) is 29.6 Å². The van der Waals surface area contributed by atoms with Gasteiger partial charge in [0.05, 0.1) is 24.8 Å². The minimum Gasteiger partial charge on any atom is -0.378 e. The van der Waals surface area contributed by atoms with E-state index in [9.17, 15) is 9.18 Å². The first-order valence-corrected chi connectivity index (χ1v) is 8.64. The van der Waals surface area contributed by atoms with Crippen molar-refractivity contribution in [1.29, 1.82) is 0 Å². The summed E-state index contributed by atoms with van der Waals surface area (Å²) < 4.78 is 25.7. The number of carbonyl (C=O) groups is 1. The average Bonchev–Trinajstić information content (AvgIpc) is 2.92. The molecule has 1 amide bonds. The minimum absolute atomic E-state index is 0.0797. The van der Waals surface area contributed by atoms with Crippen LogP contribution in [0.3, 0.4) is 0 Å². The van der Waals surface area contributed by atoms with Crippen LogP contribution in [0.2, 0.25) is 0 Å². The van der Waals surface area contributed by atoms with Crippen LogP contribution in [0.25, 0.3) is 0 Å². The standard InChI is InChI=1S/C16H20FNO3S/c1-11-8-18(9-16(21-11)6-7-20-10-16)15(19)14-12(17)4-3-5-13(14)22-2/h3-5,11H,6-10H2,1-2H3/t11-,16-/m1/s1. The topological polar surface area (TPSA) is 38.8 Å². The molecule has 0 aromatic heterocycles. The smallest absolute Gasteiger partial charge is 0.258 e. The second kappa shape index (κ2) is 6.18. The number of thioether (sulfide) groups is 1. The third-order valence-electron chi connectivity index (χ3n) is 4.17. The van der Waals surface area contributed by atoms with Gasteiger partial charge in [0.2, 0.25) is 0 Å². The Hall–Kier alpha value is -1.11. The van der Waals surface area contributed by atoms with Gasteiger partial charge in [0.15, 0.2) is 0 Å². The van der Waals surface area contributed by atoms with Crippen molar-refractivity contribution < 1.29 is 18.7 Å². The summed E-state index contributed by atoms with van der Waals surface area (Å²) in [5.74, 6) is -0.725. The Bertz CT molecular complexity index is 575. The molecule has 4 nitrogen and oxygen atoms in total. The Morgan fingerprint density at radius 3 is 3.00 bits per heavy atom. The number of halogens is 1. The molecule has 2 atom stereocenters. The summed E-state index contributed by atoms with van der Waals surface area (Å²) in [7, 11) is 0. The van der Waals surface area contributed by atoms with E-state index in [0.29, 0.717) is 31.2 Å². The van der Waals surface area contributed by atoms with Crippen LogP contribution in [0.15, 0.2) is 23.1 Å². The van der Waals surface area contributed by atoms with Crippen LogP contribution in [0.5, 0.6) is 0 Å². The molecule has 0 unspecified atom stereocenters. The molecule has 1 aromatic rings. The number of hydrogen-bond acceptors (Lipinski definition) is 4. The molecule has 1 aromatic carbocycles. The molecule has 22 heavy (non-hydrogen) atoms. The highest BCUT2D eigenvalue weighted by Gasteiger charge is 2.44. The van der Waals surface area contributed by atoms with E-state index in [-0.39, 0.29) is 17.6 Å². The van der Waals surface area contributed by atoms with Crippen LogP contribution < -0.4 is 0 Å². The number of ether oxygens (including phenoxy) is 2. The van der Waals surface area contributed by atoms with Gasteiger partial charge in [0.1, 0.15) is 11.4 Å². The first kappa shape index (κ1) is 15.8. The van der Waals surface area contributed by atoms with Gasteiger partial charge in [-0.25, -0.2) is 4.39 Å². The molecular formula is C16H20FNO3S. The third-order valence-corrected chi connectivity index (χ3v) is 4.95. The van der Waals surface area contributed by atoms with Gasteiger partial charge in [-0.3, -0.25) is 4.79 Å². The molecule has 120 valence electrons. The zero-order valence-corrected chi connectivity index (χ0v) is 13.6. The molecule has 2 fully saturated rings. The van der Waals surface area contributed by atoms with Gasteiger partial charge in [-0.05, 0) is 25.3 Å². The van der Waals surface area contributed by atoms with E-state index in [4.69, 9.17) is 9.47 Å². The van der Waals surface area contributed by atoms with E-state index in [0.717, 1.165) is 6.42 Å². The lowest BCUT2D eigenvalue weighted by molar-refractivity contribution is -0.138. The van der Waals surface area contributed by atoms with Crippen LogP contribution >= 0.6 is 11.8 Å². The van der Waals surface area contributed by atoms with Gasteiger partial charge >= 0.3 is 0 Å². The molecule has 0 saturated carbocycles. The number of rotatable bonds is 2. The molecule has 0 N–H and O–H groups in total. The molecule has 1 spiro atoms. The Labute approximate surface area is 134 Å². The van der Waals surface area contributed by atoms with Crippen LogP contribution in [0, 0.1) is 5.82 Å². The van der Waals surface area contributed by atoms with Crippen LogP contribution in [-0.4, -0.2) is 55.1 Å². The number of benzene rings is 1. The lowest BCUT2D eigenvalue weighted by Crippen LogP contribution is -2.57. The van der Waals surface area contributed by atoms with Crippen molar-refractivity contribution in [3.8, 4) is 0 Å². The van der Waals surface area contributed by atoms with Gasteiger partial charge in [0.25, 0.3) is 5.91 Å². The van der Waals surface area contributed by atoms with Crippen LogP contribution in [-0.2, 0) is 9.47 Å². The third kappa shape index (κ3) is 2.87. The summed E-state index contributed by atoms with van der Waals surface area (Å²) in [6, 6.07) is 4.75. The minimum atomic E-state index is -0.465. The Morgan fingerprint density at radius 1 is 1.50 bits per heavy atom. The highest BCUT2D eigenvalue weighted by molar-refractivity contribution is 7.98. The molecule has 3 rings (SSSR count). The maximum atomic E-state index is 14.2. The van der Waals surface area contributed by atoms with Gasteiger partial charge in [0, 0.05) is 24.5 Å². The molecule has 0 bridgehead atoms. The molecular weight excluding hydrogens is 305 g/mol. The highest BCUT2D eigenvalue weighted by Crippen LogP contribution is 2.32. The van der Waals surface area contributed by atoms with E-state index in [1.807, 2.05) is 13.2 Å². The predicted octanol–water partition coefficient (Wildman–Crippen LogP) is 2.57. The zero-order valence-electron chi connectivity index (χ0n) is 12.8. The second-order valence-corrected chi connectivity index (χ2v) is 6.76. The second-order valence-electron chi connectivity index (χ2n) is 5.92. The summed E-state index contributed by atoms with van der Waals surface area (Å²) in [6.45, 7) is 4.01. The van der Waals surface area contributed by atoms with Crippen molar-refractivity contribution in [2.45, 2.75) is 29.9 Å². The first-order valence-electron chi connectivity index (χ1n) is 7.42. The maximum Gasteiger partial charge on any atom is 0.258 e. The fourth-order valence-electron chi connectivity index (χ4n) is 3.23. The van der Waals surface area contributed by atoms with E-state index >= 15 is 0 Å². The summed E-state index contributed by atoms with van der Waals surface area (Å²) in [6.07, 6.45) is 2.54. The Kier molecular flexibility index (Phi) is 4.43. The van der Waals surface area contributed by atoms with Crippen molar-refractivity contribution in [2.75, 3.05) is 32.6 Å². The fourth-order valence-corrected chi connectivity index (χ4v) is 3.83. The van der Waals surface area contributed by atoms with Gasteiger partial charge in [-0.2, -0.15) is 0 Å². The number of morpholine rings is 1. The molecule has 2 aliphatic heterocycles. The van der Waals surface area contributed by atoms with Crippen molar-refractivity contribution >= 4 is 17.7 Å². The highest BCUT2D eigenvalue weighted by atomic mass is 32.2. The molecule has 0 aliphatic carbocycles. The lowest BCUT2D eigenvalue weighted by Gasteiger charge is -2.43. The van der Waals surface area contributed by atoms with Crippen molar-refractivity contribution in [3.63, 3.8) is 0 Å². The largest absolute Gasteiger partial charge is 0.378 e. The molecule has 2 saturated heterocycles. The quantitative estimate of drug-likeness (QED) is 0.784. The van der Waals surface area contributed by atoms with E-state index in [1.165, 1.54) is 17.8 Å². The van der Waals surface area contributed by atoms with Crippen LogP contribution in [0.1, 0.15) is 23.7 Å². The monoisotopic (exact) mass is 325 g/mol.